The molecule has 1 aromatic heterocycles. The third-order valence-corrected chi connectivity index (χ3v) is 4.60. The third-order valence-electron chi connectivity index (χ3n) is 3.87. The Morgan fingerprint density at radius 1 is 1.36 bits per heavy atom. The average molecular weight is 317 g/mol. The van der Waals surface area contributed by atoms with Gasteiger partial charge >= 0.3 is 0 Å². The first kappa shape index (κ1) is 15.3. The van der Waals surface area contributed by atoms with Crippen LogP contribution < -0.4 is 15.4 Å². The lowest BCUT2D eigenvalue weighted by molar-refractivity contribution is 0.332. The van der Waals surface area contributed by atoms with E-state index < -0.39 is 0 Å². The van der Waals surface area contributed by atoms with Crippen LogP contribution in [0.1, 0.15) is 24.8 Å². The molecule has 0 aliphatic carbocycles. The second kappa shape index (κ2) is 8.15. The van der Waals surface area contributed by atoms with E-state index in [0.29, 0.717) is 12.6 Å². The molecule has 2 N–H and O–H groups in total. The maximum absolute atomic E-state index is 5.83. The van der Waals surface area contributed by atoms with Crippen molar-refractivity contribution in [3.05, 3.63) is 41.4 Å². The lowest BCUT2D eigenvalue weighted by Gasteiger charge is -2.23. The molecule has 1 aliphatic heterocycles. The molecule has 118 valence electrons. The quantitative estimate of drug-likeness (QED) is 0.769. The van der Waals surface area contributed by atoms with Crippen molar-refractivity contribution in [3.63, 3.8) is 0 Å². The Kier molecular flexibility index (Phi) is 5.67. The van der Waals surface area contributed by atoms with E-state index in [1.54, 1.807) is 17.5 Å². The molecule has 1 aromatic carbocycles. The van der Waals surface area contributed by atoms with Gasteiger partial charge in [-0.05, 0) is 43.5 Å². The van der Waals surface area contributed by atoms with Gasteiger partial charge < -0.3 is 15.4 Å². The van der Waals surface area contributed by atoms with E-state index in [1.807, 2.05) is 11.4 Å². The van der Waals surface area contributed by atoms with E-state index in [-0.39, 0.29) is 0 Å². The van der Waals surface area contributed by atoms with Gasteiger partial charge in [0.1, 0.15) is 12.4 Å². The maximum atomic E-state index is 5.83. The predicted octanol–water partition coefficient (Wildman–Crippen LogP) is 3.32. The van der Waals surface area contributed by atoms with Crippen LogP contribution in [0.2, 0.25) is 0 Å². The zero-order valence-electron chi connectivity index (χ0n) is 12.8. The Labute approximate surface area is 135 Å². The Morgan fingerprint density at radius 3 is 3.18 bits per heavy atom. The molecule has 1 unspecified atom stereocenters. The molecular formula is C17H23N3OS. The molecule has 1 atom stereocenters. The van der Waals surface area contributed by atoms with Gasteiger partial charge in [-0.25, -0.2) is 4.98 Å². The number of ether oxygens (including phenoxy) is 1. The highest BCUT2D eigenvalue weighted by Gasteiger charge is 2.13. The standard InChI is InChI=1S/C17H23N3OS/c1-2-7-18-15(5-1)12-14-4-3-6-16(13-14)21-10-8-19-17-20-9-11-22-17/h3-4,6,9,11,13,15,18H,1-2,5,7-8,10,12H2,(H,19,20). The molecule has 0 radical (unpaired) electrons. The number of hydrogen-bond acceptors (Lipinski definition) is 5. The van der Waals surface area contributed by atoms with Gasteiger partial charge in [0.15, 0.2) is 5.13 Å². The van der Waals surface area contributed by atoms with Crippen LogP contribution in [0.5, 0.6) is 5.75 Å². The second-order valence-electron chi connectivity index (χ2n) is 5.61. The Balaban J connectivity index is 1.44. The van der Waals surface area contributed by atoms with Gasteiger partial charge in [-0.15, -0.1) is 11.3 Å². The van der Waals surface area contributed by atoms with Crippen molar-refractivity contribution in [2.75, 3.05) is 25.0 Å². The largest absolute Gasteiger partial charge is 0.492 e. The monoisotopic (exact) mass is 317 g/mol. The predicted molar refractivity (Wildman–Crippen MR) is 91.9 cm³/mol. The van der Waals surface area contributed by atoms with Crippen LogP contribution in [0.4, 0.5) is 5.13 Å². The minimum absolute atomic E-state index is 0.621. The summed E-state index contributed by atoms with van der Waals surface area (Å²) in [6, 6.07) is 9.09. The van der Waals surface area contributed by atoms with Crippen molar-refractivity contribution >= 4 is 16.5 Å². The van der Waals surface area contributed by atoms with Crippen LogP contribution >= 0.6 is 11.3 Å². The Bertz CT molecular complexity index is 553. The van der Waals surface area contributed by atoms with Crippen molar-refractivity contribution < 1.29 is 4.74 Å². The van der Waals surface area contributed by atoms with E-state index in [2.05, 4.69) is 33.8 Å². The molecule has 0 amide bonds. The molecule has 0 saturated carbocycles. The van der Waals surface area contributed by atoms with Crippen molar-refractivity contribution in [1.29, 1.82) is 0 Å². The number of nitrogens with one attached hydrogen (secondary N) is 2. The SMILES string of the molecule is c1cc(CC2CCCCN2)cc(OCCNc2nccs2)c1. The highest BCUT2D eigenvalue weighted by atomic mass is 32.1. The summed E-state index contributed by atoms with van der Waals surface area (Å²) in [6.07, 6.45) is 6.83. The molecule has 3 rings (SSSR count). The first-order valence-electron chi connectivity index (χ1n) is 7.98. The zero-order valence-corrected chi connectivity index (χ0v) is 13.6. The van der Waals surface area contributed by atoms with Gasteiger partial charge in [0.05, 0.1) is 6.54 Å². The van der Waals surface area contributed by atoms with Gasteiger partial charge in [-0.3, -0.25) is 0 Å². The lowest BCUT2D eigenvalue weighted by Crippen LogP contribution is -2.35. The molecule has 5 heteroatoms. The van der Waals surface area contributed by atoms with E-state index in [1.165, 1.54) is 24.8 Å². The van der Waals surface area contributed by atoms with Crippen molar-refractivity contribution in [1.82, 2.24) is 10.3 Å². The minimum atomic E-state index is 0.621. The van der Waals surface area contributed by atoms with Gasteiger partial charge in [0.2, 0.25) is 0 Å². The summed E-state index contributed by atoms with van der Waals surface area (Å²) in [4.78, 5) is 4.18. The fraction of sp³-hybridized carbons (Fsp3) is 0.471. The number of thiazole rings is 1. The number of benzene rings is 1. The second-order valence-corrected chi connectivity index (χ2v) is 6.51. The molecule has 0 bridgehead atoms. The fourth-order valence-electron chi connectivity index (χ4n) is 2.78. The lowest BCUT2D eigenvalue weighted by atomic mass is 9.98. The Morgan fingerprint density at radius 2 is 2.36 bits per heavy atom. The molecule has 2 heterocycles. The fourth-order valence-corrected chi connectivity index (χ4v) is 3.34. The summed E-state index contributed by atoms with van der Waals surface area (Å²) in [6.45, 7) is 2.57. The van der Waals surface area contributed by atoms with E-state index in [9.17, 15) is 0 Å². The average Bonchev–Trinajstić information content (AvgIpc) is 3.06. The van der Waals surface area contributed by atoms with Gasteiger partial charge in [0.25, 0.3) is 0 Å². The molecular weight excluding hydrogens is 294 g/mol. The smallest absolute Gasteiger partial charge is 0.182 e. The summed E-state index contributed by atoms with van der Waals surface area (Å²) in [5.74, 6) is 0.953. The molecule has 4 nitrogen and oxygen atoms in total. The normalized spacial score (nSPS) is 18.1. The summed E-state index contributed by atoms with van der Waals surface area (Å²) in [7, 11) is 0. The number of piperidine rings is 1. The summed E-state index contributed by atoms with van der Waals surface area (Å²) < 4.78 is 5.83. The molecule has 0 spiro atoms. The highest BCUT2D eigenvalue weighted by Crippen LogP contribution is 2.18. The topological polar surface area (TPSA) is 46.2 Å². The first-order chi connectivity index (χ1) is 10.9. The molecule has 22 heavy (non-hydrogen) atoms. The van der Waals surface area contributed by atoms with Crippen LogP contribution in [-0.4, -0.2) is 30.7 Å². The summed E-state index contributed by atoms with van der Waals surface area (Å²) >= 11 is 1.61. The van der Waals surface area contributed by atoms with Gasteiger partial charge in [-0.1, -0.05) is 18.6 Å². The summed E-state index contributed by atoms with van der Waals surface area (Å²) in [5, 5.41) is 9.76. The van der Waals surface area contributed by atoms with Gasteiger partial charge in [0, 0.05) is 17.6 Å². The highest BCUT2D eigenvalue weighted by molar-refractivity contribution is 7.13. The first-order valence-corrected chi connectivity index (χ1v) is 8.86. The van der Waals surface area contributed by atoms with Crippen LogP contribution in [0, 0.1) is 0 Å². The molecule has 2 aromatic rings. The van der Waals surface area contributed by atoms with Gasteiger partial charge in [-0.2, -0.15) is 0 Å². The number of aromatic nitrogens is 1. The van der Waals surface area contributed by atoms with Crippen LogP contribution in [0.25, 0.3) is 0 Å². The van der Waals surface area contributed by atoms with E-state index in [0.717, 1.165) is 30.4 Å². The third kappa shape index (κ3) is 4.71. The van der Waals surface area contributed by atoms with Crippen LogP contribution in [-0.2, 0) is 6.42 Å². The Hall–Kier alpha value is -1.59. The van der Waals surface area contributed by atoms with E-state index in [4.69, 9.17) is 4.74 Å². The maximum Gasteiger partial charge on any atom is 0.182 e. The van der Waals surface area contributed by atoms with E-state index >= 15 is 0 Å². The summed E-state index contributed by atoms with van der Waals surface area (Å²) in [5.41, 5.74) is 1.35. The number of anilines is 1. The molecule has 1 saturated heterocycles. The number of hydrogen-bond donors (Lipinski definition) is 2. The van der Waals surface area contributed by atoms with Crippen molar-refractivity contribution in [2.24, 2.45) is 0 Å². The van der Waals surface area contributed by atoms with Crippen LogP contribution in [0.15, 0.2) is 35.8 Å². The number of rotatable bonds is 7. The van der Waals surface area contributed by atoms with Crippen LogP contribution in [0.3, 0.4) is 0 Å². The van der Waals surface area contributed by atoms with Crippen molar-refractivity contribution in [3.8, 4) is 5.75 Å². The molecule has 1 aliphatic rings. The van der Waals surface area contributed by atoms with Crippen molar-refractivity contribution in [2.45, 2.75) is 31.7 Å². The molecule has 1 fully saturated rings. The zero-order chi connectivity index (χ0) is 15.0. The number of nitrogens with zero attached hydrogens (tertiary/aromatic N) is 1. The minimum Gasteiger partial charge on any atom is -0.492 e.